The Morgan fingerprint density at radius 1 is 1.22 bits per heavy atom. The third kappa shape index (κ3) is 4.53. The van der Waals surface area contributed by atoms with Crippen LogP contribution in [-0.4, -0.2) is 52.2 Å². The second-order valence-electron chi connectivity index (χ2n) is 7.50. The molecule has 1 saturated heterocycles. The van der Waals surface area contributed by atoms with E-state index in [1.54, 1.807) is 24.5 Å². The zero-order valence-corrected chi connectivity index (χ0v) is 15.5. The van der Waals surface area contributed by atoms with Crippen LogP contribution < -0.4 is 0 Å². The summed E-state index contributed by atoms with van der Waals surface area (Å²) in [5.41, 5.74) is 0.663. The molecule has 2 fully saturated rings. The van der Waals surface area contributed by atoms with Gasteiger partial charge < -0.3 is 14.2 Å². The van der Waals surface area contributed by atoms with Crippen LogP contribution >= 0.6 is 0 Å². The van der Waals surface area contributed by atoms with Crippen molar-refractivity contribution in [3.8, 4) is 0 Å². The van der Waals surface area contributed by atoms with Gasteiger partial charge in [-0.3, -0.25) is 9.78 Å². The maximum Gasteiger partial charge on any atom is 0.253 e. The summed E-state index contributed by atoms with van der Waals surface area (Å²) < 4.78 is 11.2. The molecule has 2 aliphatic rings. The number of nitrogens with zero attached hydrogens (tertiary/aromatic N) is 4. The number of ether oxygens (including phenoxy) is 1. The van der Waals surface area contributed by atoms with Crippen LogP contribution in [0.5, 0.6) is 0 Å². The van der Waals surface area contributed by atoms with Gasteiger partial charge in [-0.05, 0) is 37.3 Å². The van der Waals surface area contributed by atoms with Crippen LogP contribution in [0.2, 0.25) is 0 Å². The minimum atomic E-state index is 0.0277. The van der Waals surface area contributed by atoms with E-state index in [4.69, 9.17) is 9.26 Å². The molecule has 3 heterocycles. The SMILES string of the molecule is O=C(c1ccncc1)N1CCC(c2nc(CCOCC3CCCC3)no2)C1. The summed E-state index contributed by atoms with van der Waals surface area (Å²) in [6.45, 7) is 2.79. The molecule has 0 bridgehead atoms. The molecule has 1 amide bonds. The van der Waals surface area contributed by atoms with Crippen molar-refractivity contribution in [2.75, 3.05) is 26.3 Å². The molecule has 2 aromatic rings. The molecular weight excluding hydrogens is 344 g/mol. The molecular formula is C20H26N4O3. The van der Waals surface area contributed by atoms with Gasteiger partial charge in [-0.25, -0.2) is 0 Å². The number of pyridine rings is 1. The van der Waals surface area contributed by atoms with Crippen molar-refractivity contribution in [3.05, 3.63) is 41.8 Å². The van der Waals surface area contributed by atoms with E-state index in [1.165, 1.54) is 25.7 Å². The van der Waals surface area contributed by atoms with Gasteiger partial charge in [0.05, 0.1) is 12.5 Å². The van der Waals surface area contributed by atoms with Crippen LogP contribution in [0.1, 0.15) is 60.1 Å². The quantitative estimate of drug-likeness (QED) is 0.697. The van der Waals surface area contributed by atoms with E-state index >= 15 is 0 Å². The minimum absolute atomic E-state index is 0.0277. The predicted octanol–water partition coefficient (Wildman–Crippen LogP) is 2.84. The average Bonchev–Trinajstić information content (AvgIpc) is 3.47. The maximum absolute atomic E-state index is 12.5. The number of amides is 1. The van der Waals surface area contributed by atoms with E-state index in [1.807, 2.05) is 4.90 Å². The van der Waals surface area contributed by atoms with Gasteiger partial charge in [-0.1, -0.05) is 18.0 Å². The zero-order valence-electron chi connectivity index (χ0n) is 15.5. The molecule has 1 saturated carbocycles. The van der Waals surface area contributed by atoms with E-state index in [2.05, 4.69) is 15.1 Å². The smallest absolute Gasteiger partial charge is 0.253 e. The number of carbonyl (C=O) groups is 1. The van der Waals surface area contributed by atoms with Crippen molar-refractivity contribution in [2.24, 2.45) is 5.92 Å². The van der Waals surface area contributed by atoms with Gasteiger partial charge in [0, 0.05) is 44.1 Å². The Bertz CT molecular complexity index is 743. The summed E-state index contributed by atoms with van der Waals surface area (Å²) in [5.74, 6) is 2.19. The summed E-state index contributed by atoms with van der Waals surface area (Å²) >= 11 is 0. The Balaban J connectivity index is 1.24. The predicted molar refractivity (Wildman–Crippen MR) is 98.3 cm³/mol. The fourth-order valence-electron chi connectivity index (χ4n) is 3.95. The van der Waals surface area contributed by atoms with Crippen molar-refractivity contribution >= 4 is 5.91 Å². The summed E-state index contributed by atoms with van der Waals surface area (Å²) in [6.07, 6.45) is 10.1. The molecule has 1 unspecified atom stereocenters. The molecule has 1 aliphatic heterocycles. The first-order valence-corrected chi connectivity index (χ1v) is 9.89. The van der Waals surface area contributed by atoms with Crippen molar-refractivity contribution in [1.82, 2.24) is 20.0 Å². The van der Waals surface area contributed by atoms with Crippen LogP contribution in [0.25, 0.3) is 0 Å². The van der Waals surface area contributed by atoms with Gasteiger partial charge in [0.15, 0.2) is 5.82 Å². The molecule has 7 nitrogen and oxygen atoms in total. The van der Waals surface area contributed by atoms with Crippen LogP contribution in [0, 0.1) is 5.92 Å². The molecule has 2 aromatic heterocycles. The first-order chi connectivity index (χ1) is 13.3. The summed E-state index contributed by atoms with van der Waals surface area (Å²) in [4.78, 5) is 22.8. The first kappa shape index (κ1) is 18.1. The second-order valence-corrected chi connectivity index (χ2v) is 7.50. The number of hydrogen-bond acceptors (Lipinski definition) is 6. The fraction of sp³-hybridized carbons (Fsp3) is 0.600. The third-order valence-electron chi connectivity index (χ3n) is 5.53. The van der Waals surface area contributed by atoms with Gasteiger partial charge in [-0.15, -0.1) is 0 Å². The lowest BCUT2D eigenvalue weighted by atomic mass is 10.1. The van der Waals surface area contributed by atoms with Crippen molar-refractivity contribution in [1.29, 1.82) is 0 Å². The fourth-order valence-corrected chi connectivity index (χ4v) is 3.95. The van der Waals surface area contributed by atoms with Crippen molar-refractivity contribution < 1.29 is 14.1 Å². The van der Waals surface area contributed by atoms with Crippen LogP contribution in [0.4, 0.5) is 0 Å². The summed E-state index contributed by atoms with van der Waals surface area (Å²) in [6, 6.07) is 3.48. The molecule has 7 heteroatoms. The highest BCUT2D eigenvalue weighted by Gasteiger charge is 2.31. The number of aromatic nitrogens is 3. The number of hydrogen-bond donors (Lipinski definition) is 0. The molecule has 4 rings (SSSR count). The third-order valence-corrected chi connectivity index (χ3v) is 5.53. The number of likely N-dealkylation sites (tertiary alicyclic amines) is 1. The molecule has 0 spiro atoms. The Morgan fingerprint density at radius 2 is 2.04 bits per heavy atom. The lowest BCUT2D eigenvalue weighted by Crippen LogP contribution is -2.28. The van der Waals surface area contributed by atoms with Crippen LogP contribution in [-0.2, 0) is 11.2 Å². The molecule has 27 heavy (non-hydrogen) atoms. The van der Waals surface area contributed by atoms with Gasteiger partial charge in [0.1, 0.15) is 0 Å². The maximum atomic E-state index is 12.5. The lowest BCUT2D eigenvalue weighted by molar-refractivity contribution is 0.0789. The Morgan fingerprint density at radius 3 is 2.85 bits per heavy atom. The first-order valence-electron chi connectivity index (χ1n) is 9.89. The van der Waals surface area contributed by atoms with E-state index < -0.39 is 0 Å². The second kappa shape index (κ2) is 8.61. The monoisotopic (exact) mass is 370 g/mol. The van der Waals surface area contributed by atoms with E-state index in [0.717, 1.165) is 18.9 Å². The zero-order chi connectivity index (χ0) is 18.5. The standard InChI is InChI=1S/C20H26N4O3/c25-20(16-5-9-21-10-6-16)24-11-7-17(13-24)19-22-18(23-27-19)8-12-26-14-15-3-1-2-4-15/h5-6,9-10,15,17H,1-4,7-8,11-14H2. The normalized spacial score (nSPS) is 20.4. The van der Waals surface area contributed by atoms with Gasteiger partial charge in [-0.2, -0.15) is 4.98 Å². The van der Waals surface area contributed by atoms with Gasteiger partial charge >= 0.3 is 0 Å². The molecule has 1 aliphatic carbocycles. The molecule has 0 N–H and O–H groups in total. The minimum Gasteiger partial charge on any atom is -0.381 e. The summed E-state index contributed by atoms with van der Waals surface area (Å²) in [7, 11) is 0. The molecule has 0 aromatic carbocycles. The number of rotatable bonds is 7. The number of carbonyl (C=O) groups excluding carboxylic acids is 1. The van der Waals surface area contributed by atoms with Gasteiger partial charge in [0.25, 0.3) is 5.91 Å². The molecule has 144 valence electrons. The van der Waals surface area contributed by atoms with Crippen molar-refractivity contribution in [2.45, 2.75) is 44.4 Å². The highest BCUT2D eigenvalue weighted by molar-refractivity contribution is 5.94. The van der Waals surface area contributed by atoms with Crippen molar-refractivity contribution in [3.63, 3.8) is 0 Å². The van der Waals surface area contributed by atoms with E-state index in [0.29, 0.717) is 43.4 Å². The average molecular weight is 370 g/mol. The van der Waals surface area contributed by atoms with E-state index in [9.17, 15) is 4.79 Å². The molecule has 1 atom stereocenters. The molecule has 0 radical (unpaired) electrons. The van der Waals surface area contributed by atoms with Crippen LogP contribution in [0.3, 0.4) is 0 Å². The summed E-state index contributed by atoms with van der Waals surface area (Å²) in [5, 5.41) is 4.08. The van der Waals surface area contributed by atoms with Crippen LogP contribution in [0.15, 0.2) is 29.0 Å². The van der Waals surface area contributed by atoms with Gasteiger partial charge in [0.2, 0.25) is 5.89 Å². The Hall–Kier alpha value is -2.28. The topological polar surface area (TPSA) is 81.4 Å². The highest BCUT2D eigenvalue weighted by atomic mass is 16.5. The van der Waals surface area contributed by atoms with E-state index in [-0.39, 0.29) is 11.8 Å². The Kier molecular flexibility index (Phi) is 5.77. The Labute approximate surface area is 159 Å². The highest BCUT2D eigenvalue weighted by Crippen LogP contribution is 2.27. The lowest BCUT2D eigenvalue weighted by Gasteiger charge is -2.15. The largest absolute Gasteiger partial charge is 0.381 e.